The Balaban J connectivity index is 1.35. The number of cyclic esters (lactones) is 1. The molecule has 2 fully saturated rings. The number of ether oxygens (including phenoxy) is 2. The summed E-state index contributed by atoms with van der Waals surface area (Å²) in [5.74, 6) is -0.112. The van der Waals surface area contributed by atoms with Crippen LogP contribution in [0.5, 0.6) is 0 Å². The third-order valence-corrected chi connectivity index (χ3v) is 5.66. The second kappa shape index (κ2) is 7.97. The number of anilines is 1. The van der Waals surface area contributed by atoms with Gasteiger partial charge in [-0.05, 0) is 35.4 Å². The van der Waals surface area contributed by atoms with Crippen molar-refractivity contribution in [2.24, 2.45) is 0 Å². The summed E-state index contributed by atoms with van der Waals surface area (Å²) in [4.78, 5) is 31.6. The Kier molecular flexibility index (Phi) is 5.02. The fourth-order valence-electron chi connectivity index (χ4n) is 4.07. The number of nitrogens with one attached hydrogen (secondary N) is 2. The van der Waals surface area contributed by atoms with Crippen LogP contribution in [0.4, 0.5) is 10.5 Å². The molecule has 2 aromatic rings. The number of hydrogen-bond donors (Lipinski definition) is 2. The first-order chi connectivity index (χ1) is 14.7. The maximum Gasteiger partial charge on any atom is 0.410 e. The van der Waals surface area contributed by atoms with E-state index in [1.807, 2.05) is 30.5 Å². The van der Waals surface area contributed by atoms with Crippen LogP contribution in [0.1, 0.15) is 22.4 Å². The molecule has 0 aliphatic carbocycles. The van der Waals surface area contributed by atoms with Gasteiger partial charge in [0, 0.05) is 54.9 Å². The van der Waals surface area contributed by atoms with Gasteiger partial charge in [-0.1, -0.05) is 6.07 Å². The summed E-state index contributed by atoms with van der Waals surface area (Å²) >= 11 is 0. The van der Waals surface area contributed by atoms with Crippen molar-refractivity contribution in [1.29, 1.82) is 0 Å². The SMILES string of the molecule is O=C1Nc2ccc(CN3CCOC3=O)cc2C1=Cc1c[nH]c(CN2CCOCC2)c1. The molecule has 0 saturated carbocycles. The van der Waals surface area contributed by atoms with Crippen LogP contribution in [0.25, 0.3) is 11.6 Å². The van der Waals surface area contributed by atoms with Crippen molar-refractivity contribution in [3.05, 3.63) is 52.8 Å². The Morgan fingerprint density at radius 2 is 1.90 bits per heavy atom. The lowest BCUT2D eigenvalue weighted by Gasteiger charge is -2.25. The average Bonchev–Trinajstić information content (AvgIpc) is 3.44. The number of H-pyrrole nitrogens is 1. The Hall–Kier alpha value is -3.10. The van der Waals surface area contributed by atoms with Crippen LogP contribution in [-0.2, 0) is 27.4 Å². The van der Waals surface area contributed by atoms with Crippen LogP contribution < -0.4 is 5.32 Å². The maximum absolute atomic E-state index is 12.6. The molecule has 2 amide bonds. The van der Waals surface area contributed by atoms with E-state index in [4.69, 9.17) is 9.47 Å². The lowest BCUT2D eigenvalue weighted by Crippen LogP contribution is -2.35. The summed E-state index contributed by atoms with van der Waals surface area (Å²) in [5.41, 5.74) is 5.34. The van der Waals surface area contributed by atoms with Crippen molar-refractivity contribution < 1.29 is 19.1 Å². The third kappa shape index (κ3) is 3.83. The molecule has 0 unspecified atom stereocenters. The van der Waals surface area contributed by atoms with E-state index in [1.165, 1.54) is 0 Å². The van der Waals surface area contributed by atoms with Crippen LogP contribution in [0.15, 0.2) is 30.5 Å². The molecule has 8 nitrogen and oxygen atoms in total. The summed E-state index contributed by atoms with van der Waals surface area (Å²) in [7, 11) is 0. The van der Waals surface area contributed by atoms with Crippen molar-refractivity contribution >= 4 is 29.3 Å². The molecule has 156 valence electrons. The van der Waals surface area contributed by atoms with Crippen LogP contribution in [0.3, 0.4) is 0 Å². The molecule has 0 spiro atoms. The molecule has 4 heterocycles. The lowest BCUT2D eigenvalue weighted by atomic mass is 10.0. The second-order valence-electron chi connectivity index (χ2n) is 7.77. The highest BCUT2D eigenvalue weighted by molar-refractivity contribution is 6.34. The molecule has 5 rings (SSSR count). The van der Waals surface area contributed by atoms with E-state index in [0.717, 1.165) is 60.9 Å². The number of nitrogens with zero attached hydrogens (tertiary/aromatic N) is 2. The number of hydrogen-bond acceptors (Lipinski definition) is 5. The second-order valence-corrected chi connectivity index (χ2v) is 7.77. The maximum atomic E-state index is 12.6. The van der Waals surface area contributed by atoms with Crippen LogP contribution >= 0.6 is 0 Å². The zero-order valence-corrected chi connectivity index (χ0v) is 16.6. The molecule has 3 aliphatic heterocycles. The van der Waals surface area contributed by atoms with Crippen molar-refractivity contribution in [2.45, 2.75) is 13.1 Å². The molecule has 30 heavy (non-hydrogen) atoms. The Morgan fingerprint density at radius 3 is 2.70 bits per heavy atom. The number of rotatable bonds is 5. The summed E-state index contributed by atoms with van der Waals surface area (Å²) in [5, 5.41) is 2.93. The van der Waals surface area contributed by atoms with E-state index in [1.54, 1.807) is 4.90 Å². The van der Waals surface area contributed by atoms with Crippen LogP contribution in [0, 0.1) is 0 Å². The third-order valence-electron chi connectivity index (χ3n) is 5.66. The van der Waals surface area contributed by atoms with Gasteiger partial charge in [-0.25, -0.2) is 4.79 Å². The van der Waals surface area contributed by atoms with Gasteiger partial charge >= 0.3 is 6.09 Å². The quantitative estimate of drug-likeness (QED) is 0.742. The zero-order chi connectivity index (χ0) is 20.5. The average molecular weight is 408 g/mol. The zero-order valence-electron chi connectivity index (χ0n) is 16.6. The van der Waals surface area contributed by atoms with E-state index in [2.05, 4.69) is 21.3 Å². The molecule has 1 aromatic heterocycles. The highest BCUT2D eigenvalue weighted by Gasteiger charge is 2.26. The van der Waals surface area contributed by atoms with E-state index in [0.29, 0.717) is 25.3 Å². The predicted octanol–water partition coefficient (Wildman–Crippen LogP) is 2.29. The van der Waals surface area contributed by atoms with Gasteiger partial charge in [0.25, 0.3) is 5.91 Å². The lowest BCUT2D eigenvalue weighted by molar-refractivity contribution is -0.110. The number of aromatic nitrogens is 1. The molecule has 1 aromatic carbocycles. The van der Waals surface area contributed by atoms with Gasteiger partial charge in [0.05, 0.1) is 19.8 Å². The first-order valence-electron chi connectivity index (χ1n) is 10.2. The molecule has 2 saturated heterocycles. The number of carbonyl (C=O) groups excluding carboxylic acids is 2. The van der Waals surface area contributed by atoms with Gasteiger partial charge in [-0.3, -0.25) is 9.69 Å². The molecule has 3 aliphatic rings. The minimum atomic E-state index is -0.291. The van der Waals surface area contributed by atoms with Gasteiger partial charge in [-0.2, -0.15) is 0 Å². The Bertz CT molecular complexity index is 1010. The van der Waals surface area contributed by atoms with E-state index < -0.39 is 0 Å². The highest BCUT2D eigenvalue weighted by atomic mass is 16.6. The minimum absolute atomic E-state index is 0.112. The molecule has 0 bridgehead atoms. The first kappa shape index (κ1) is 18.9. The van der Waals surface area contributed by atoms with E-state index in [9.17, 15) is 9.59 Å². The summed E-state index contributed by atoms with van der Waals surface area (Å²) in [6.45, 7) is 5.72. The fraction of sp³-hybridized carbons (Fsp3) is 0.364. The van der Waals surface area contributed by atoms with Crippen molar-refractivity contribution in [2.75, 3.05) is 44.8 Å². The number of aromatic amines is 1. The number of morpholine rings is 1. The number of amides is 2. The van der Waals surface area contributed by atoms with E-state index in [-0.39, 0.29) is 12.0 Å². The molecule has 0 atom stereocenters. The largest absolute Gasteiger partial charge is 0.448 e. The Labute approximate surface area is 174 Å². The van der Waals surface area contributed by atoms with Crippen LogP contribution in [-0.4, -0.2) is 66.2 Å². The minimum Gasteiger partial charge on any atom is -0.448 e. The van der Waals surface area contributed by atoms with Crippen molar-refractivity contribution in [3.63, 3.8) is 0 Å². The number of benzene rings is 1. The van der Waals surface area contributed by atoms with Gasteiger partial charge in [-0.15, -0.1) is 0 Å². The van der Waals surface area contributed by atoms with Gasteiger partial charge in [0.1, 0.15) is 6.61 Å². The molecular weight excluding hydrogens is 384 g/mol. The van der Waals surface area contributed by atoms with Crippen molar-refractivity contribution in [1.82, 2.24) is 14.8 Å². The molecule has 2 N–H and O–H groups in total. The van der Waals surface area contributed by atoms with E-state index >= 15 is 0 Å². The number of carbonyl (C=O) groups is 2. The monoisotopic (exact) mass is 408 g/mol. The predicted molar refractivity (Wildman–Crippen MR) is 112 cm³/mol. The Morgan fingerprint density at radius 1 is 1.03 bits per heavy atom. The first-order valence-corrected chi connectivity index (χ1v) is 10.2. The smallest absolute Gasteiger partial charge is 0.410 e. The normalized spacial score (nSPS) is 20.5. The van der Waals surface area contributed by atoms with Gasteiger partial charge < -0.3 is 24.7 Å². The fourth-order valence-corrected chi connectivity index (χ4v) is 4.07. The number of fused-ring (bicyclic) bond motifs is 1. The summed E-state index contributed by atoms with van der Waals surface area (Å²) in [6, 6.07) is 7.89. The summed E-state index contributed by atoms with van der Waals surface area (Å²) < 4.78 is 10.4. The highest BCUT2D eigenvalue weighted by Crippen LogP contribution is 2.34. The molecular formula is C22H24N4O4. The van der Waals surface area contributed by atoms with Gasteiger partial charge in [0.2, 0.25) is 0 Å². The summed E-state index contributed by atoms with van der Waals surface area (Å²) in [6.07, 6.45) is 3.55. The topological polar surface area (TPSA) is 86.9 Å². The van der Waals surface area contributed by atoms with Gasteiger partial charge in [0.15, 0.2) is 0 Å². The van der Waals surface area contributed by atoms with Crippen molar-refractivity contribution in [3.8, 4) is 0 Å². The van der Waals surface area contributed by atoms with Crippen LogP contribution in [0.2, 0.25) is 0 Å². The standard InChI is InChI=1S/C22H24N4O4/c27-21-19(11-16-9-17(23-12-16)14-25-3-6-29-7-4-25)18-10-15(1-2-20(18)24-21)13-26-5-8-30-22(26)28/h1-2,9-12,23H,3-8,13-14H2,(H,24,27). The molecule has 0 radical (unpaired) electrons. The molecule has 8 heteroatoms.